The molecule has 2 rings (SSSR count). The first kappa shape index (κ1) is 20.2. The first-order chi connectivity index (χ1) is 12.3. The van der Waals surface area contributed by atoms with Crippen LogP contribution in [-0.2, 0) is 14.9 Å². The molecule has 0 amide bonds. The lowest BCUT2D eigenvalue weighted by molar-refractivity contribution is -0.126. The summed E-state index contributed by atoms with van der Waals surface area (Å²) in [6.07, 6.45) is 0. The third-order valence-corrected chi connectivity index (χ3v) is 4.32. The molecular formula is C23H30O3. The fourth-order valence-corrected chi connectivity index (χ4v) is 2.46. The molecule has 2 aromatic carbocycles. The maximum Gasteiger partial charge on any atom is 0.160 e. The Balaban J connectivity index is 1.83. The predicted octanol–water partition coefficient (Wildman–Crippen LogP) is 5.27. The zero-order chi connectivity index (χ0) is 19.2. The molecule has 0 heterocycles. The molecule has 0 atom stereocenters. The predicted molar refractivity (Wildman–Crippen MR) is 107 cm³/mol. The van der Waals surface area contributed by atoms with Crippen molar-refractivity contribution in [2.75, 3.05) is 19.8 Å². The van der Waals surface area contributed by atoms with Gasteiger partial charge in [0.2, 0.25) is 0 Å². The van der Waals surface area contributed by atoms with Crippen LogP contribution in [0.1, 0.15) is 40.2 Å². The summed E-state index contributed by atoms with van der Waals surface area (Å²) in [6, 6.07) is 16.8. The molecule has 0 N–H and O–H groups in total. The van der Waals surface area contributed by atoms with Crippen molar-refractivity contribution in [3.63, 3.8) is 0 Å². The van der Waals surface area contributed by atoms with Crippen molar-refractivity contribution >= 4 is 5.78 Å². The smallest absolute Gasteiger partial charge is 0.160 e. The van der Waals surface area contributed by atoms with Crippen LogP contribution < -0.4 is 4.74 Å². The highest BCUT2D eigenvalue weighted by atomic mass is 16.5. The lowest BCUT2D eigenvalue weighted by Crippen LogP contribution is -2.17. The van der Waals surface area contributed by atoms with Crippen molar-refractivity contribution < 1.29 is 14.3 Å². The Morgan fingerprint density at radius 2 is 1.42 bits per heavy atom. The summed E-state index contributed by atoms with van der Waals surface area (Å²) < 4.78 is 11.0. The molecule has 0 saturated heterocycles. The van der Waals surface area contributed by atoms with Crippen LogP contribution in [0.25, 0.3) is 11.1 Å². The highest BCUT2D eigenvalue weighted by molar-refractivity contribution is 5.81. The Kier molecular flexibility index (Phi) is 6.98. The SMILES string of the molecule is CC(C)C(=O)COCCOc1ccc(-c2ccc(C(C)(C)C)cc2)cc1. The maximum atomic E-state index is 11.5. The van der Waals surface area contributed by atoms with E-state index in [2.05, 4.69) is 57.2 Å². The summed E-state index contributed by atoms with van der Waals surface area (Å²) in [7, 11) is 0. The van der Waals surface area contributed by atoms with Crippen molar-refractivity contribution in [2.45, 2.75) is 40.0 Å². The average molecular weight is 354 g/mol. The van der Waals surface area contributed by atoms with E-state index in [9.17, 15) is 4.79 Å². The van der Waals surface area contributed by atoms with E-state index in [1.54, 1.807) is 0 Å². The zero-order valence-electron chi connectivity index (χ0n) is 16.5. The number of hydrogen-bond acceptors (Lipinski definition) is 3. The van der Waals surface area contributed by atoms with Crippen molar-refractivity contribution in [1.29, 1.82) is 0 Å². The maximum absolute atomic E-state index is 11.5. The summed E-state index contributed by atoms with van der Waals surface area (Å²) in [5.74, 6) is 0.937. The number of hydrogen-bond donors (Lipinski definition) is 0. The number of Topliss-reactive ketones (excluding diaryl/α,β-unsaturated/α-hetero) is 1. The van der Waals surface area contributed by atoms with E-state index in [0.29, 0.717) is 13.2 Å². The molecule has 0 aliphatic heterocycles. The normalized spacial score (nSPS) is 11.6. The van der Waals surface area contributed by atoms with Gasteiger partial charge in [0.05, 0.1) is 6.61 Å². The molecule has 26 heavy (non-hydrogen) atoms. The van der Waals surface area contributed by atoms with Crippen LogP contribution >= 0.6 is 0 Å². The highest BCUT2D eigenvalue weighted by Gasteiger charge is 2.13. The van der Waals surface area contributed by atoms with E-state index in [-0.39, 0.29) is 23.7 Å². The van der Waals surface area contributed by atoms with Crippen molar-refractivity contribution in [3.8, 4) is 16.9 Å². The Morgan fingerprint density at radius 1 is 0.885 bits per heavy atom. The van der Waals surface area contributed by atoms with E-state index in [1.165, 1.54) is 11.1 Å². The third-order valence-electron chi connectivity index (χ3n) is 4.32. The summed E-state index contributed by atoms with van der Waals surface area (Å²) in [6.45, 7) is 11.4. The largest absolute Gasteiger partial charge is 0.491 e. The van der Waals surface area contributed by atoms with Gasteiger partial charge in [-0.2, -0.15) is 0 Å². The zero-order valence-corrected chi connectivity index (χ0v) is 16.5. The van der Waals surface area contributed by atoms with Crippen LogP contribution in [0.2, 0.25) is 0 Å². The first-order valence-corrected chi connectivity index (χ1v) is 9.21. The Morgan fingerprint density at radius 3 is 1.92 bits per heavy atom. The molecule has 0 unspecified atom stereocenters. The van der Waals surface area contributed by atoms with Gasteiger partial charge in [-0.1, -0.05) is 71.0 Å². The molecule has 0 saturated carbocycles. The lowest BCUT2D eigenvalue weighted by atomic mass is 9.86. The van der Waals surface area contributed by atoms with Crippen molar-refractivity contribution in [1.82, 2.24) is 0 Å². The minimum atomic E-state index is 0.0147. The molecule has 0 aromatic heterocycles. The monoisotopic (exact) mass is 354 g/mol. The van der Waals surface area contributed by atoms with Crippen LogP contribution in [0, 0.1) is 5.92 Å². The minimum Gasteiger partial charge on any atom is -0.491 e. The summed E-state index contributed by atoms with van der Waals surface area (Å²) in [5, 5.41) is 0. The average Bonchev–Trinajstić information content (AvgIpc) is 2.61. The van der Waals surface area contributed by atoms with Gasteiger partial charge in [-0.25, -0.2) is 0 Å². The van der Waals surface area contributed by atoms with Gasteiger partial charge in [-0.15, -0.1) is 0 Å². The Bertz CT molecular complexity index is 692. The fourth-order valence-electron chi connectivity index (χ4n) is 2.46. The molecule has 0 radical (unpaired) electrons. The number of rotatable bonds is 8. The molecule has 3 nitrogen and oxygen atoms in total. The number of ketones is 1. The number of carbonyl (C=O) groups is 1. The van der Waals surface area contributed by atoms with E-state index in [4.69, 9.17) is 9.47 Å². The second kappa shape index (κ2) is 9.00. The van der Waals surface area contributed by atoms with Crippen LogP contribution in [0.5, 0.6) is 5.75 Å². The molecule has 140 valence electrons. The van der Waals surface area contributed by atoms with Gasteiger partial charge in [0, 0.05) is 5.92 Å². The number of benzene rings is 2. The van der Waals surface area contributed by atoms with Crippen molar-refractivity contribution in [3.05, 3.63) is 54.1 Å². The quantitative estimate of drug-likeness (QED) is 0.606. The van der Waals surface area contributed by atoms with Crippen LogP contribution in [0.15, 0.2) is 48.5 Å². The molecule has 0 aliphatic carbocycles. The molecule has 0 fully saturated rings. The summed E-state index contributed by atoms with van der Waals surface area (Å²) in [5.41, 5.74) is 3.85. The first-order valence-electron chi connectivity index (χ1n) is 9.21. The van der Waals surface area contributed by atoms with Gasteiger partial charge >= 0.3 is 0 Å². The standard InChI is InChI=1S/C23H30O3/c1-17(2)22(24)16-25-14-15-26-21-12-8-19(9-13-21)18-6-10-20(11-7-18)23(3,4)5/h6-13,17H,14-16H2,1-5H3. The molecule has 0 bridgehead atoms. The Hall–Kier alpha value is -2.13. The molecule has 3 heteroatoms. The highest BCUT2D eigenvalue weighted by Crippen LogP contribution is 2.27. The molecule has 0 spiro atoms. The topological polar surface area (TPSA) is 35.5 Å². The van der Waals surface area contributed by atoms with Crippen molar-refractivity contribution in [2.24, 2.45) is 5.92 Å². The van der Waals surface area contributed by atoms with E-state index >= 15 is 0 Å². The van der Waals surface area contributed by atoms with Gasteiger partial charge in [0.15, 0.2) is 5.78 Å². The second-order valence-corrected chi connectivity index (χ2v) is 7.87. The van der Waals surface area contributed by atoms with Gasteiger partial charge in [0.25, 0.3) is 0 Å². The van der Waals surface area contributed by atoms with Gasteiger partial charge < -0.3 is 9.47 Å². The fraction of sp³-hybridized carbons (Fsp3) is 0.435. The second-order valence-electron chi connectivity index (χ2n) is 7.87. The molecule has 2 aromatic rings. The summed E-state index contributed by atoms with van der Waals surface area (Å²) >= 11 is 0. The van der Waals surface area contributed by atoms with Crippen LogP contribution in [0.3, 0.4) is 0 Å². The van der Waals surface area contributed by atoms with E-state index < -0.39 is 0 Å². The van der Waals surface area contributed by atoms with E-state index in [0.717, 1.165) is 11.3 Å². The van der Waals surface area contributed by atoms with E-state index in [1.807, 2.05) is 26.0 Å². The van der Waals surface area contributed by atoms with Gasteiger partial charge in [-0.05, 0) is 34.2 Å². The Labute approximate surface area is 157 Å². The third kappa shape index (κ3) is 5.99. The summed E-state index contributed by atoms with van der Waals surface area (Å²) in [4.78, 5) is 11.5. The van der Waals surface area contributed by atoms with Crippen LogP contribution in [0.4, 0.5) is 0 Å². The number of carbonyl (C=O) groups excluding carboxylic acids is 1. The van der Waals surface area contributed by atoms with Gasteiger partial charge in [-0.3, -0.25) is 4.79 Å². The lowest BCUT2D eigenvalue weighted by Gasteiger charge is -2.19. The minimum absolute atomic E-state index is 0.0147. The number of ether oxygens (including phenoxy) is 2. The molecule has 0 aliphatic rings. The molecular weight excluding hydrogens is 324 g/mol. The van der Waals surface area contributed by atoms with Crippen LogP contribution in [-0.4, -0.2) is 25.6 Å². The van der Waals surface area contributed by atoms with Gasteiger partial charge in [0.1, 0.15) is 19.0 Å².